The van der Waals surface area contributed by atoms with Gasteiger partial charge >= 0.3 is 0 Å². The van der Waals surface area contributed by atoms with Crippen molar-refractivity contribution < 1.29 is 9.90 Å². The maximum Gasteiger partial charge on any atom is 0.250 e. The first-order chi connectivity index (χ1) is 7.15. The Kier molecular flexibility index (Phi) is 5.42. The molecule has 0 bridgehead atoms. The number of amides is 1. The van der Waals surface area contributed by atoms with Gasteiger partial charge in [0, 0.05) is 12.1 Å². The van der Waals surface area contributed by atoms with Crippen LogP contribution in [0.5, 0.6) is 0 Å². The number of hydrogen-bond acceptors (Lipinski definition) is 4. The summed E-state index contributed by atoms with van der Waals surface area (Å²) < 4.78 is 0. The first-order valence-electron chi connectivity index (χ1n) is 5.38. The van der Waals surface area contributed by atoms with Crippen molar-refractivity contribution in [3.05, 3.63) is 0 Å². The van der Waals surface area contributed by atoms with Gasteiger partial charge in [-0.15, -0.1) is 0 Å². The zero-order valence-electron chi connectivity index (χ0n) is 9.11. The summed E-state index contributed by atoms with van der Waals surface area (Å²) in [7, 11) is 0. The Bertz CT molecular complexity index is 210. The van der Waals surface area contributed by atoms with Crippen molar-refractivity contribution in [1.29, 1.82) is 0 Å². The van der Waals surface area contributed by atoms with E-state index in [2.05, 4.69) is 5.32 Å². The van der Waals surface area contributed by atoms with Crippen molar-refractivity contribution in [2.24, 2.45) is 5.73 Å². The number of carbonyl (C=O) groups excluding carboxylic acids is 1. The summed E-state index contributed by atoms with van der Waals surface area (Å²) in [6.07, 6.45) is 4.81. The molecule has 0 aromatic heterocycles. The SMILES string of the molecule is CSCCC(N)C(O)C(=O)NC1CCC1. The lowest BCUT2D eigenvalue weighted by molar-refractivity contribution is -0.131. The Morgan fingerprint density at radius 1 is 1.67 bits per heavy atom. The van der Waals surface area contributed by atoms with Gasteiger partial charge in [-0.3, -0.25) is 4.79 Å². The molecule has 15 heavy (non-hydrogen) atoms. The second kappa shape index (κ2) is 6.35. The summed E-state index contributed by atoms with van der Waals surface area (Å²) in [6, 6.07) is -0.183. The van der Waals surface area contributed by atoms with Gasteiger partial charge in [0.15, 0.2) is 0 Å². The van der Waals surface area contributed by atoms with Crippen LogP contribution >= 0.6 is 11.8 Å². The van der Waals surface area contributed by atoms with Crippen LogP contribution in [-0.2, 0) is 4.79 Å². The number of aliphatic hydroxyl groups is 1. The van der Waals surface area contributed by atoms with Crippen LogP contribution in [-0.4, -0.2) is 41.2 Å². The Morgan fingerprint density at radius 2 is 2.33 bits per heavy atom. The van der Waals surface area contributed by atoms with Crippen LogP contribution in [0.2, 0.25) is 0 Å². The molecule has 88 valence electrons. The maximum absolute atomic E-state index is 11.5. The third-order valence-corrected chi connectivity index (χ3v) is 3.42. The van der Waals surface area contributed by atoms with Gasteiger partial charge in [0.2, 0.25) is 0 Å². The van der Waals surface area contributed by atoms with Crippen LogP contribution in [0.3, 0.4) is 0 Å². The standard InChI is InChI=1S/C10H20N2O2S/c1-15-6-5-8(11)9(13)10(14)12-7-3-2-4-7/h7-9,13H,2-6,11H2,1H3,(H,12,14). The van der Waals surface area contributed by atoms with Crippen molar-refractivity contribution in [1.82, 2.24) is 5.32 Å². The molecule has 2 atom stereocenters. The summed E-state index contributed by atoms with van der Waals surface area (Å²) in [4.78, 5) is 11.5. The average Bonchev–Trinajstić information content (AvgIpc) is 2.18. The number of aliphatic hydroxyl groups excluding tert-OH is 1. The molecule has 5 heteroatoms. The van der Waals surface area contributed by atoms with Crippen LogP contribution in [0, 0.1) is 0 Å². The zero-order valence-corrected chi connectivity index (χ0v) is 9.93. The first-order valence-corrected chi connectivity index (χ1v) is 6.77. The molecule has 0 aromatic carbocycles. The van der Waals surface area contributed by atoms with Crippen molar-refractivity contribution in [3.63, 3.8) is 0 Å². The molecular weight excluding hydrogens is 212 g/mol. The molecule has 0 heterocycles. The fourth-order valence-electron chi connectivity index (χ4n) is 1.45. The Morgan fingerprint density at radius 3 is 2.80 bits per heavy atom. The third kappa shape index (κ3) is 4.01. The van der Waals surface area contributed by atoms with E-state index in [1.165, 1.54) is 6.42 Å². The summed E-state index contributed by atoms with van der Waals surface area (Å²) in [6.45, 7) is 0. The molecule has 1 fully saturated rings. The van der Waals surface area contributed by atoms with Gasteiger partial charge in [-0.25, -0.2) is 0 Å². The van der Waals surface area contributed by atoms with Gasteiger partial charge in [0.1, 0.15) is 6.10 Å². The van der Waals surface area contributed by atoms with E-state index in [1.54, 1.807) is 11.8 Å². The van der Waals surface area contributed by atoms with Crippen LogP contribution in [0.15, 0.2) is 0 Å². The minimum atomic E-state index is -1.06. The molecule has 4 N–H and O–H groups in total. The highest BCUT2D eigenvalue weighted by Crippen LogP contribution is 2.18. The Balaban J connectivity index is 2.23. The molecule has 0 radical (unpaired) electrons. The molecule has 2 unspecified atom stereocenters. The molecule has 1 aliphatic carbocycles. The lowest BCUT2D eigenvalue weighted by Gasteiger charge is -2.28. The molecule has 4 nitrogen and oxygen atoms in total. The molecule has 0 aliphatic heterocycles. The van der Waals surface area contributed by atoms with E-state index < -0.39 is 12.1 Å². The molecule has 1 aliphatic rings. The molecule has 0 aromatic rings. The predicted molar refractivity (Wildman–Crippen MR) is 62.8 cm³/mol. The van der Waals surface area contributed by atoms with Gasteiger partial charge in [-0.05, 0) is 37.7 Å². The topological polar surface area (TPSA) is 75.3 Å². The highest BCUT2D eigenvalue weighted by atomic mass is 32.2. The summed E-state index contributed by atoms with van der Waals surface area (Å²) in [5.74, 6) is 0.558. The summed E-state index contributed by atoms with van der Waals surface area (Å²) in [5.41, 5.74) is 5.72. The second-order valence-corrected chi connectivity index (χ2v) is 5.01. The normalized spacial score (nSPS) is 20.5. The van der Waals surface area contributed by atoms with Crippen molar-refractivity contribution in [2.75, 3.05) is 12.0 Å². The summed E-state index contributed by atoms with van der Waals surface area (Å²) in [5, 5.41) is 12.4. The van der Waals surface area contributed by atoms with E-state index in [0.717, 1.165) is 18.6 Å². The van der Waals surface area contributed by atoms with E-state index in [9.17, 15) is 9.90 Å². The zero-order chi connectivity index (χ0) is 11.3. The molecule has 0 saturated heterocycles. The Labute approximate surface area is 95.0 Å². The number of hydrogen-bond donors (Lipinski definition) is 3. The summed E-state index contributed by atoms with van der Waals surface area (Å²) >= 11 is 1.67. The van der Waals surface area contributed by atoms with Crippen molar-refractivity contribution >= 4 is 17.7 Å². The number of carbonyl (C=O) groups is 1. The fourth-order valence-corrected chi connectivity index (χ4v) is 1.95. The van der Waals surface area contributed by atoms with Gasteiger partial charge in [-0.1, -0.05) is 0 Å². The van der Waals surface area contributed by atoms with Crippen LogP contribution < -0.4 is 11.1 Å². The fraction of sp³-hybridized carbons (Fsp3) is 0.900. The Hall–Kier alpha value is -0.260. The number of thioether (sulfide) groups is 1. The molecule has 0 spiro atoms. The monoisotopic (exact) mass is 232 g/mol. The minimum absolute atomic E-state index is 0.264. The maximum atomic E-state index is 11.5. The van der Waals surface area contributed by atoms with E-state index in [4.69, 9.17) is 5.73 Å². The van der Waals surface area contributed by atoms with Crippen molar-refractivity contribution in [2.45, 2.75) is 43.9 Å². The third-order valence-electron chi connectivity index (χ3n) is 2.78. The van der Waals surface area contributed by atoms with Crippen molar-refractivity contribution in [3.8, 4) is 0 Å². The number of rotatable bonds is 6. The van der Waals surface area contributed by atoms with Crippen LogP contribution in [0.25, 0.3) is 0 Å². The number of nitrogens with two attached hydrogens (primary N) is 1. The molecular formula is C10H20N2O2S. The highest BCUT2D eigenvalue weighted by Gasteiger charge is 2.26. The lowest BCUT2D eigenvalue weighted by atomic mass is 9.93. The van der Waals surface area contributed by atoms with E-state index in [0.29, 0.717) is 6.42 Å². The smallest absolute Gasteiger partial charge is 0.250 e. The molecule has 1 saturated carbocycles. The van der Waals surface area contributed by atoms with Gasteiger partial charge in [-0.2, -0.15) is 11.8 Å². The molecule has 1 amide bonds. The quantitative estimate of drug-likeness (QED) is 0.607. The van der Waals surface area contributed by atoms with E-state index in [1.807, 2.05) is 6.26 Å². The highest BCUT2D eigenvalue weighted by molar-refractivity contribution is 7.98. The van der Waals surface area contributed by atoms with Gasteiger partial charge in [0.25, 0.3) is 5.91 Å². The predicted octanol–water partition coefficient (Wildman–Crippen LogP) is 0.0964. The van der Waals surface area contributed by atoms with Crippen LogP contribution in [0.1, 0.15) is 25.7 Å². The number of nitrogens with one attached hydrogen (secondary N) is 1. The first kappa shape index (κ1) is 12.8. The molecule has 1 rings (SSSR count). The van der Waals surface area contributed by atoms with E-state index in [-0.39, 0.29) is 11.9 Å². The lowest BCUT2D eigenvalue weighted by Crippen LogP contribution is -2.51. The average molecular weight is 232 g/mol. The van der Waals surface area contributed by atoms with E-state index >= 15 is 0 Å². The van der Waals surface area contributed by atoms with Crippen LogP contribution in [0.4, 0.5) is 0 Å². The minimum Gasteiger partial charge on any atom is -0.382 e. The second-order valence-electron chi connectivity index (χ2n) is 4.03. The van der Waals surface area contributed by atoms with Gasteiger partial charge in [0.05, 0.1) is 0 Å². The largest absolute Gasteiger partial charge is 0.382 e. The van der Waals surface area contributed by atoms with Gasteiger partial charge < -0.3 is 16.2 Å².